The molecule has 0 aliphatic rings. The van der Waals surface area contributed by atoms with Crippen molar-refractivity contribution in [3.05, 3.63) is 47.8 Å². The van der Waals surface area contributed by atoms with Gasteiger partial charge in [0.15, 0.2) is 0 Å². The number of benzene rings is 1. The molecule has 4 nitrogen and oxygen atoms in total. The number of halogens is 1. The number of amides is 1. The lowest BCUT2D eigenvalue weighted by Gasteiger charge is -2.33. The Morgan fingerprint density at radius 1 is 1.43 bits per heavy atom. The van der Waals surface area contributed by atoms with Gasteiger partial charge in [0.2, 0.25) is 0 Å². The van der Waals surface area contributed by atoms with Crippen LogP contribution in [-0.2, 0) is 13.0 Å². The third-order valence-electron chi connectivity index (χ3n) is 3.24. The molecule has 1 aromatic carbocycles. The Morgan fingerprint density at radius 2 is 2.05 bits per heavy atom. The van der Waals surface area contributed by atoms with E-state index in [0.29, 0.717) is 11.1 Å². The van der Waals surface area contributed by atoms with Gasteiger partial charge in [-0.15, -0.1) is 6.58 Å². The predicted molar refractivity (Wildman–Crippen MR) is 79.6 cm³/mol. The van der Waals surface area contributed by atoms with E-state index in [2.05, 4.69) is 6.58 Å². The van der Waals surface area contributed by atoms with E-state index in [1.807, 2.05) is 0 Å². The van der Waals surface area contributed by atoms with Crippen LogP contribution in [0.3, 0.4) is 0 Å². The summed E-state index contributed by atoms with van der Waals surface area (Å²) in [5.74, 6) is -0.414. The van der Waals surface area contributed by atoms with E-state index in [9.17, 15) is 19.4 Å². The minimum absolute atomic E-state index is 0.137. The lowest BCUT2D eigenvalue weighted by Crippen LogP contribution is -2.44. The Bertz CT molecular complexity index is 523. The summed E-state index contributed by atoms with van der Waals surface area (Å²) >= 11 is 0. The molecule has 5 heteroatoms. The molecule has 0 radical (unpaired) electrons. The summed E-state index contributed by atoms with van der Waals surface area (Å²) in [4.78, 5) is 12.7. The highest BCUT2D eigenvalue weighted by molar-refractivity contribution is 5.66. The standard InChI is InChI=1S/C16H22FNO3/c1-5-14(19)9-12-8-13(17)7-6-11(12)10-18(15(20)21)16(2,3)4/h5-8,14,19H,1,9-10H2,2-4H3,(H,20,21). The van der Waals surface area contributed by atoms with Crippen molar-refractivity contribution in [3.8, 4) is 0 Å². The second kappa shape index (κ2) is 6.72. The molecule has 1 amide bonds. The van der Waals surface area contributed by atoms with E-state index in [4.69, 9.17) is 0 Å². The average molecular weight is 295 g/mol. The molecule has 1 aromatic rings. The highest BCUT2D eigenvalue weighted by Gasteiger charge is 2.27. The molecular weight excluding hydrogens is 273 g/mol. The topological polar surface area (TPSA) is 60.8 Å². The number of carboxylic acid groups (broad SMARTS) is 1. The van der Waals surface area contributed by atoms with Gasteiger partial charge in [-0.05, 0) is 44.0 Å². The lowest BCUT2D eigenvalue weighted by atomic mass is 9.98. The molecule has 0 saturated carbocycles. The van der Waals surface area contributed by atoms with Crippen LogP contribution >= 0.6 is 0 Å². The maximum atomic E-state index is 13.4. The zero-order valence-corrected chi connectivity index (χ0v) is 12.6. The van der Waals surface area contributed by atoms with Crippen LogP contribution in [0.15, 0.2) is 30.9 Å². The maximum absolute atomic E-state index is 13.4. The van der Waals surface area contributed by atoms with E-state index >= 15 is 0 Å². The molecule has 2 N–H and O–H groups in total. The van der Waals surface area contributed by atoms with Crippen molar-refractivity contribution < 1.29 is 19.4 Å². The molecular formula is C16H22FNO3. The Morgan fingerprint density at radius 3 is 2.52 bits per heavy atom. The molecule has 21 heavy (non-hydrogen) atoms. The molecule has 116 valence electrons. The van der Waals surface area contributed by atoms with Crippen LogP contribution in [0.5, 0.6) is 0 Å². The van der Waals surface area contributed by atoms with Gasteiger partial charge < -0.3 is 10.2 Å². The molecule has 0 fully saturated rings. The number of aliphatic hydroxyl groups is 1. The van der Waals surface area contributed by atoms with Gasteiger partial charge in [-0.2, -0.15) is 0 Å². The second-order valence-corrected chi connectivity index (χ2v) is 5.96. The molecule has 1 unspecified atom stereocenters. The van der Waals surface area contributed by atoms with Crippen LogP contribution in [0, 0.1) is 5.82 Å². The van der Waals surface area contributed by atoms with Gasteiger partial charge in [-0.25, -0.2) is 9.18 Å². The van der Waals surface area contributed by atoms with E-state index in [1.165, 1.54) is 23.1 Å². The van der Waals surface area contributed by atoms with Crippen molar-refractivity contribution in [1.29, 1.82) is 0 Å². The molecule has 0 spiro atoms. The molecule has 0 aliphatic heterocycles. The first-order valence-corrected chi connectivity index (χ1v) is 6.73. The van der Waals surface area contributed by atoms with Gasteiger partial charge >= 0.3 is 6.09 Å². The van der Waals surface area contributed by atoms with Gasteiger partial charge in [0, 0.05) is 18.5 Å². The molecule has 1 atom stereocenters. The molecule has 0 bridgehead atoms. The van der Waals surface area contributed by atoms with Gasteiger partial charge in [-0.3, -0.25) is 4.90 Å². The quantitative estimate of drug-likeness (QED) is 0.820. The summed E-state index contributed by atoms with van der Waals surface area (Å²) < 4.78 is 13.4. The minimum Gasteiger partial charge on any atom is -0.465 e. The van der Waals surface area contributed by atoms with Gasteiger partial charge in [0.05, 0.1) is 6.10 Å². The SMILES string of the molecule is C=CC(O)Cc1cc(F)ccc1CN(C(=O)O)C(C)(C)C. The van der Waals surface area contributed by atoms with E-state index < -0.39 is 23.6 Å². The van der Waals surface area contributed by atoms with Crippen molar-refractivity contribution in [1.82, 2.24) is 4.90 Å². The lowest BCUT2D eigenvalue weighted by molar-refractivity contribution is 0.0953. The first-order chi connectivity index (χ1) is 9.65. The summed E-state index contributed by atoms with van der Waals surface area (Å²) in [6.45, 7) is 9.01. The number of aliphatic hydroxyl groups excluding tert-OH is 1. The third-order valence-corrected chi connectivity index (χ3v) is 3.24. The van der Waals surface area contributed by atoms with Gasteiger partial charge in [0.1, 0.15) is 5.82 Å². The smallest absolute Gasteiger partial charge is 0.408 e. The Hall–Kier alpha value is -1.88. The Labute approximate surface area is 124 Å². The van der Waals surface area contributed by atoms with Gasteiger partial charge in [0.25, 0.3) is 0 Å². The summed E-state index contributed by atoms with van der Waals surface area (Å²) in [6.07, 6.45) is -0.262. The molecule has 0 aliphatic carbocycles. The van der Waals surface area contributed by atoms with Crippen LogP contribution in [0.2, 0.25) is 0 Å². The normalized spacial score (nSPS) is 12.8. The number of rotatable bonds is 5. The van der Waals surface area contributed by atoms with Crippen molar-refractivity contribution in [2.45, 2.75) is 45.4 Å². The fourth-order valence-corrected chi connectivity index (χ4v) is 2.01. The summed E-state index contributed by atoms with van der Waals surface area (Å²) in [7, 11) is 0. The monoisotopic (exact) mass is 295 g/mol. The number of nitrogens with zero attached hydrogens (tertiary/aromatic N) is 1. The largest absolute Gasteiger partial charge is 0.465 e. The first kappa shape index (κ1) is 17.2. The van der Waals surface area contributed by atoms with Crippen molar-refractivity contribution >= 4 is 6.09 Å². The fraction of sp³-hybridized carbons (Fsp3) is 0.438. The number of hydrogen-bond donors (Lipinski definition) is 2. The van der Waals surface area contributed by atoms with Crippen LogP contribution in [-0.4, -0.2) is 32.8 Å². The van der Waals surface area contributed by atoms with E-state index in [1.54, 1.807) is 26.8 Å². The zero-order valence-electron chi connectivity index (χ0n) is 12.6. The molecule has 0 aromatic heterocycles. The third kappa shape index (κ3) is 4.86. The van der Waals surface area contributed by atoms with Crippen molar-refractivity contribution in [3.63, 3.8) is 0 Å². The molecule has 1 rings (SSSR count). The maximum Gasteiger partial charge on any atom is 0.408 e. The van der Waals surface area contributed by atoms with Crippen LogP contribution in [0.4, 0.5) is 9.18 Å². The highest BCUT2D eigenvalue weighted by Crippen LogP contribution is 2.21. The number of carbonyl (C=O) groups is 1. The first-order valence-electron chi connectivity index (χ1n) is 6.73. The van der Waals surface area contributed by atoms with Crippen LogP contribution in [0.25, 0.3) is 0 Å². The van der Waals surface area contributed by atoms with Crippen LogP contribution in [0.1, 0.15) is 31.9 Å². The van der Waals surface area contributed by atoms with Gasteiger partial charge in [-0.1, -0.05) is 12.1 Å². The van der Waals surface area contributed by atoms with Crippen molar-refractivity contribution in [2.75, 3.05) is 0 Å². The van der Waals surface area contributed by atoms with E-state index in [-0.39, 0.29) is 13.0 Å². The summed E-state index contributed by atoms with van der Waals surface area (Å²) in [6, 6.07) is 4.18. The van der Waals surface area contributed by atoms with Crippen LogP contribution < -0.4 is 0 Å². The van der Waals surface area contributed by atoms with E-state index in [0.717, 1.165) is 0 Å². The van der Waals surface area contributed by atoms with Crippen molar-refractivity contribution in [2.24, 2.45) is 0 Å². The zero-order chi connectivity index (χ0) is 16.2. The molecule has 0 heterocycles. The Kier molecular flexibility index (Phi) is 5.49. The fourth-order valence-electron chi connectivity index (χ4n) is 2.01. The summed E-state index contributed by atoms with van der Waals surface area (Å²) in [5.41, 5.74) is 0.682. The number of hydrogen-bond acceptors (Lipinski definition) is 2. The predicted octanol–water partition coefficient (Wildman–Crippen LogP) is 3.19. The summed E-state index contributed by atoms with van der Waals surface area (Å²) in [5, 5.41) is 19.0. The minimum atomic E-state index is -1.04. The highest BCUT2D eigenvalue weighted by atomic mass is 19.1. The Balaban J connectivity index is 3.11. The molecule has 0 saturated heterocycles. The second-order valence-electron chi connectivity index (χ2n) is 5.96. The average Bonchev–Trinajstić information content (AvgIpc) is 2.35.